The van der Waals surface area contributed by atoms with E-state index in [9.17, 15) is 9.59 Å². The number of ether oxygens (including phenoxy) is 1. The van der Waals surface area contributed by atoms with Crippen molar-refractivity contribution >= 4 is 34.7 Å². The second kappa shape index (κ2) is 9.47. The van der Waals surface area contributed by atoms with E-state index in [1.807, 2.05) is 43.0 Å². The molecule has 0 radical (unpaired) electrons. The number of hydrogen-bond acceptors (Lipinski definition) is 4. The largest absolute Gasteiger partial charge is 0.372 e. The molecule has 5 nitrogen and oxygen atoms in total. The second-order valence-corrected chi connectivity index (χ2v) is 9.04. The van der Waals surface area contributed by atoms with E-state index in [4.69, 9.17) is 16.3 Å². The smallest absolute Gasteiger partial charge is 0.282 e. The number of amides is 2. The second-order valence-electron chi connectivity index (χ2n) is 8.61. The Morgan fingerprint density at radius 2 is 1.56 bits per heavy atom. The molecule has 0 N–H and O–H groups in total. The highest BCUT2D eigenvalue weighted by molar-refractivity contribution is 6.45. The van der Waals surface area contributed by atoms with E-state index in [0.29, 0.717) is 40.6 Å². The highest BCUT2D eigenvalue weighted by Crippen LogP contribution is 2.36. The number of rotatable bonds is 6. The summed E-state index contributed by atoms with van der Waals surface area (Å²) in [5, 5.41) is 0.584. The molecule has 2 aromatic carbocycles. The monoisotopic (exact) mass is 452 g/mol. The molecule has 1 fully saturated rings. The molecule has 2 unspecified atom stereocenters. The molecule has 0 aliphatic carbocycles. The maximum absolute atomic E-state index is 13.7. The number of halogens is 1. The van der Waals surface area contributed by atoms with Crippen molar-refractivity contribution < 1.29 is 14.3 Å². The summed E-state index contributed by atoms with van der Waals surface area (Å²) in [6.07, 6.45) is 3.15. The first-order valence-electron chi connectivity index (χ1n) is 11.3. The quantitative estimate of drug-likeness (QED) is 0.574. The van der Waals surface area contributed by atoms with Gasteiger partial charge in [0.05, 0.1) is 23.5 Å². The van der Waals surface area contributed by atoms with Crippen molar-refractivity contribution in [3.05, 3.63) is 70.4 Å². The van der Waals surface area contributed by atoms with Gasteiger partial charge in [0.2, 0.25) is 0 Å². The van der Waals surface area contributed by atoms with Crippen LogP contribution in [0.4, 0.5) is 5.69 Å². The van der Waals surface area contributed by atoms with Gasteiger partial charge in [-0.05, 0) is 62.1 Å². The summed E-state index contributed by atoms with van der Waals surface area (Å²) in [5.74, 6) is -0.594. The van der Waals surface area contributed by atoms with E-state index in [1.54, 1.807) is 24.3 Å². The highest BCUT2D eigenvalue weighted by Gasteiger charge is 2.43. The SMILES string of the molecule is CCCCc1ccc(N2C(=O)C(c3ccc(Cl)cc3)=C(N3CC(C)OC(C)C3)C2=O)cc1. The summed E-state index contributed by atoms with van der Waals surface area (Å²) in [4.78, 5) is 30.6. The van der Waals surface area contributed by atoms with Gasteiger partial charge in [-0.2, -0.15) is 0 Å². The normalized spacial score (nSPS) is 21.6. The average Bonchev–Trinajstić information content (AvgIpc) is 3.02. The van der Waals surface area contributed by atoms with Crippen LogP contribution in [0.15, 0.2) is 54.2 Å². The van der Waals surface area contributed by atoms with Gasteiger partial charge in [0, 0.05) is 18.1 Å². The molecule has 168 valence electrons. The van der Waals surface area contributed by atoms with Crippen molar-refractivity contribution in [3.8, 4) is 0 Å². The number of nitrogens with zero attached hydrogens (tertiary/aromatic N) is 2. The highest BCUT2D eigenvalue weighted by atomic mass is 35.5. The van der Waals surface area contributed by atoms with Crippen LogP contribution in [0.2, 0.25) is 5.02 Å². The van der Waals surface area contributed by atoms with E-state index in [-0.39, 0.29) is 24.0 Å². The molecule has 4 rings (SSSR count). The Labute approximate surface area is 194 Å². The van der Waals surface area contributed by atoms with Gasteiger partial charge in [0.15, 0.2) is 0 Å². The number of unbranched alkanes of at least 4 members (excludes halogenated alkanes) is 1. The van der Waals surface area contributed by atoms with E-state index in [0.717, 1.165) is 19.3 Å². The van der Waals surface area contributed by atoms with Crippen LogP contribution in [0.3, 0.4) is 0 Å². The lowest BCUT2D eigenvalue weighted by Gasteiger charge is -2.37. The lowest BCUT2D eigenvalue weighted by atomic mass is 10.0. The molecule has 0 bridgehead atoms. The van der Waals surface area contributed by atoms with Crippen LogP contribution in [-0.4, -0.2) is 42.0 Å². The van der Waals surface area contributed by atoms with Crippen LogP contribution in [0, 0.1) is 0 Å². The fourth-order valence-corrected chi connectivity index (χ4v) is 4.60. The Balaban J connectivity index is 1.73. The third-order valence-electron chi connectivity index (χ3n) is 5.94. The number of benzene rings is 2. The fraction of sp³-hybridized carbons (Fsp3) is 0.385. The molecular formula is C26H29ClN2O3. The molecule has 1 saturated heterocycles. The Hall–Kier alpha value is -2.63. The summed E-state index contributed by atoms with van der Waals surface area (Å²) in [5.41, 5.74) is 3.35. The van der Waals surface area contributed by atoms with E-state index >= 15 is 0 Å². The van der Waals surface area contributed by atoms with Gasteiger partial charge in [0.25, 0.3) is 11.8 Å². The summed E-state index contributed by atoms with van der Waals surface area (Å²) in [6, 6.07) is 14.8. The Bertz CT molecular complexity index is 1020. The fourth-order valence-electron chi connectivity index (χ4n) is 4.48. The molecular weight excluding hydrogens is 424 g/mol. The Kier molecular flexibility index (Phi) is 6.68. The zero-order valence-electron chi connectivity index (χ0n) is 18.8. The van der Waals surface area contributed by atoms with Gasteiger partial charge < -0.3 is 9.64 Å². The van der Waals surface area contributed by atoms with Gasteiger partial charge in [-0.3, -0.25) is 9.59 Å². The lowest BCUT2D eigenvalue weighted by Crippen LogP contribution is -2.47. The molecule has 32 heavy (non-hydrogen) atoms. The van der Waals surface area contributed by atoms with Crippen molar-refractivity contribution in [1.82, 2.24) is 4.90 Å². The predicted molar refractivity (Wildman–Crippen MR) is 128 cm³/mol. The number of morpholine rings is 1. The topological polar surface area (TPSA) is 49.9 Å². The first-order valence-corrected chi connectivity index (χ1v) is 11.6. The summed E-state index contributed by atoms with van der Waals surface area (Å²) >= 11 is 6.08. The van der Waals surface area contributed by atoms with Crippen molar-refractivity contribution in [2.24, 2.45) is 0 Å². The van der Waals surface area contributed by atoms with E-state index in [1.165, 1.54) is 10.5 Å². The van der Waals surface area contributed by atoms with Gasteiger partial charge in [-0.1, -0.05) is 49.2 Å². The molecule has 2 aliphatic rings. The number of carbonyl (C=O) groups excluding carboxylic acids is 2. The molecule has 2 aromatic rings. The summed E-state index contributed by atoms with van der Waals surface area (Å²) < 4.78 is 5.86. The Morgan fingerprint density at radius 1 is 0.938 bits per heavy atom. The molecule has 2 heterocycles. The average molecular weight is 453 g/mol. The summed E-state index contributed by atoms with van der Waals surface area (Å²) in [6.45, 7) is 7.24. The minimum absolute atomic E-state index is 0.0347. The number of imide groups is 1. The maximum atomic E-state index is 13.7. The first kappa shape index (κ1) is 22.6. The molecule has 2 aliphatic heterocycles. The van der Waals surface area contributed by atoms with Crippen LogP contribution >= 0.6 is 11.6 Å². The number of anilines is 1. The molecule has 6 heteroatoms. The van der Waals surface area contributed by atoms with Crippen LogP contribution < -0.4 is 4.90 Å². The van der Waals surface area contributed by atoms with Crippen molar-refractivity contribution in [3.63, 3.8) is 0 Å². The van der Waals surface area contributed by atoms with Gasteiger partial charge in [0.1, 0.15) is 5.70 Å². The van der Waals surface area contributed by atoms with Gasteiger partial charge >= 0.3 is 0 Å². The zero-order chi connectivity index (χ0) is 22.8. The predicted octanol–water partition coefficient (Wildman–Crippen LogP) is 5.08. The molecule has 0 saturated carbocycles. The van der Waals surface area contributed by atoms with Gasteiger partial charge in [-0.15, -0.1) is 0 Å². The standard InChI is InChI=1S/C26H29ClN2O3/c1-4-5-6-19-7-13-22(14-8-19)29-25(30)23(20-9-11-21(27)12-10-20)24(26(29)31)28-15-17(2)32-18(3)16-28/h7-14,17-18H,4-6,15-16H2,1-3H3. The van der Waals surface area contributed by atoms with Crippen LogP contribution in [0.25, 0.3) is 5.57 Å². The number of aryl methyl sites for hydroxylation is 1. The number of hydrogen-bond donors (Lipinski definition) is 0. The van der Waals surface area contributed by atoms with Crippen LogP contribution in [0.1, 0.15) is 44.7 Å². The minimum atomic E-state index is -0.305. The minimum Gasteiger partial charge on any atom is -0.372 e. The van der Waals surface area contributed by atoms with Crippen LogP contribution in [-0.2, 0) is 20.7 Å². The van der Waals surface area contributed by atoms with E-state index in [2.05, 4.69) is 6.92 Å². The van der Waals surface area contributed by atoms with Crippen LogP contribution in [0.5, 0.6) is 0 Å². The van der Waals surface area contributed by atoms with Gasteiger partial charge in [-0.25, -0.2) is 4.90 Å². The third kappa shape index (κ3) is 4.45. The first-order chi connectivity index (χ1) is 15.4. The molecule has 0 aromatic heterocycles. The van der Waals surface area contributed by atoms with Crippen molar-refractivity contribution in [1.29, 1.82) is 0 Å². The molecule has 0 spiro atoms. The van der Waals surface area contributed by atoms with E-state index < -0.39 is 0 Å². The van der Waals surface area contributed by atoms with Crippen molar-refractivity contribution in [2.45, 2.75) is 52.2 Å². The maximum Gasteiger partial charge on any atom is 0.282 e. The zero-order valence-corrected chi connectivity index (χ0v) is 19.6. The Morgan fingerprint density at radius 3 is 2.16 bits per heavy atom. The lowest BCUT2D eigenvalue weighted by molar-refractivity contribution is -0.121. The third-order valence-corrected chi connectivity index (χ3v) is 6.19. The number of carbonyl (C=O) groups is 2. The summed E-state index contributed by atoms with van der Waals surface area (Å²) in [7, 11) is 0. The molecule has 2 amide bonds. The van der Waals surface area contributed by atoms with Crippen molar-refractivity contribution in [2.75, 3.05) is 18.0 Å². The molecule has 2 atom stereocenters.